The van der Waals surface area contributed by atoms with Crippen molar-refractivity contribution < 1.29 is 55.1 Å². The summed E-state index contributed by atoms with van der Waals surface area (Å²) in [5, 5.41) is 0.582. The van der Waals surface area contributed by atoms with Crippen molar-refractivity contribution in [2.45, 2.75) is 16.7 Å². The van der Waals surface area contributed by atoms with Crippen LogP contribution in [0.25, 0.3) is 10.8 Å². The minimum Gasteiger partial charge on any atom is -0.744 e. The van der Waals surface area contributed by atoms with Crippen molar-refractivity contribution in [2.75, 3.05) is 5.73 Å². The Hall–Kier alpha value is -1.62. The van der Waals surface area contributed by atoms with Gasteiger partial charge in [-0.05, 0) is 48.7 Å². The first-order chi connectivity index (χ1) is 12.1. The molecule has 0 spiro atoms. The summed E-state index contributed by atoms with van der Waals surface area (Å²) in [6.45, 7) is 1.80. The van der Waals surface area contributed by atoms with Crippen LogP contribution in [0.5, 0.6) is 5.75 Å². The number of nitrogens with two attached hydrogens (primary N) is 1. The predicted octanol–water partition coefficient (Wildman–Crippen LogP) is -0.594. The van der Waals surface area contributed by atoms with E-state index in [2.05, 4.69) is 0 Å². The molecule has 136 valence electrons. The molecule has 3 aromatic carbocycles. The largest absolute Gasteiger partial charge is 1.00 e. The molecule has 0 bridgehead atoms. The van der Waals surface area contributed by atoms with Crippen molar-refractivity contribution in [3.05, 3.63) is 60.2 Å². The van der Waals surface area contributed by atoms with E-state index in [1.807, 2.05) is 0 Å². The zero-order valence-corrected chi connectivity index (χ0v) is 18.2. The van der Waals surface area contributed by atoms with Gasteiger partial charge in [-0.2, -0.15) is 8.42 Å². The van der Waals surface area contributed by atoms with Gasteiger partial charge in [-0.15, -0.1) is 0 Å². The molecule has 0 aliphatic carbocycles. The second-order valence-corrected chi connectivity index (χ2v) is 8.63. The van der Waals surface area contributed by atoms with Gasteiger partial charge in [0.1, 0.15) is 15.0 Å². The van der Waals surface area contributed by atoms with Gasteiger partial charge in [-0.25, -0.2) is 8.42 Å². The molecule has 3 rings (SSSR count). The number of fused-ring (bicyclic) bond motifs is 1. The minimum atomic E-state index is -4.82. The number of anilines is 1. The number of aryl methyl sites for hydroxylation is 1. The average molecular weight is 415 g/mol. The fourth-order valence-corrected chi connectivity index (χ4v) is 3.87. The summed E-state index contributed by atoms with van der Waals surface area (Å²) in [6, 6.07) is 12.4. The van der Waals surface area contributed by atoms with E-state index in [0.717, 1.165) is 17.7 Å². The number of hydrogen-bond acceptors (Lipinski definition) is 7. The van der Waals surface area contributed by atoms with Gasteiger partial charge in [-0.1, -0.05) is 17.7 Å². The van der Waals surface area contributed by atoms with E-state index in [4.69, 9.17) is 9.92 Å². The maximum atomic E-state index is 12.5. The summed E-state index contributed by atoms with van der Waals surface area (Å²) in [7, 11) is -9.04. The summed E-state index contributed by atoms with van der Waals surface area (Å²) in [4.78, 5) is -0.702. The Kier molecular flexibility index (Phi) is 6.25. The molecule has 0 aromatic heterocycles. The molecule has 0 amide bonds. The first kappa shape index (κ1) is 21.7. The van der Waals surface area contributed by atoms with Gasteiger partial charge in [0.15, 0.2) is 5.75 Å². The molecule has 0 atom stereocenters. The van der Waals surface area contributed by atoms with Gasteiger partial charge < -0.3 is 14.5 Å². The van der Waals surface area contributed by atoms with E-state index in [1.165, 1.54) is 30.3 Å². The van der Waals surface area contributed by atoms with Crippen molar-refractivity contribution >= 4 is 36.7 Å². The normalized spacial score (nSPS) is 11.8. The second-order valence-electron chi connectivity index (χ2n) is 5.71. The number of benzene rings is 3. The fraction of sp³-hybridized carbons (Fsp3) is 0.0588. The monoisotopic (exact) mass is 415 g/mol. The Morgan fingerprint density at radius 1 is 0.889 bits per heavy atom. The van der Waals surface area contributed by atoms with Gasteiger partial charge in [0.2, 0.25) is 0 Å². The predicted molar refractivity (Wildman–Crippen MR) is 95.3 cm³/mol. The molecule has 0 radical (unpaired) electrons. The summed E-state index contributed by atoms with van der Waals surface area (Å²) in [6.07, 6.45) is 0. The van der Waals surface area contributed by atoms with Crippen molar-refractivity contribution in [1.82, 2.24) is 0 Å². The third kappa shape index (κ3) is 4.81. The van der Waals surface area contributed by atoms with Crippen LogP contribution in [-0.4, -0.2) is 21.4 Å². The molecule has 0 saturated heterocycles. The maximum Gasteiger partial charge on any atom is 1.00 e. The van der Waals surface area contributed by atoms with E-state index in [9.17, 15) is 21.4 Å². The molecule has 0 aliphatic rings. The molecule has 0 saturated carbocycles. The molecule has 3 aromatic rings. The summed E-state index contributed by atoms with van der Waals surface area (Å²) in [5.74, 6) is -0.266. The molecule has 0 heterocycles. The van der Waals surface area contributed by atoms with E-state index >= 15 is 0 Å². The Balaban J connectivity index is 0.00000261. The van der Waals surface area contributed by atoms with Crippen LogP contribution in [0.1, 0.15) is 5.56 Å². The van der Waals surface area contributed by atoms with Crippen LogP contribution < -0.4 is 39.5 Å². The zero-order chi connectivity index (χ0) is 19.1. The Morgan fingerprint density at radius 2 is 1.52 bits per heavy atom. The SMILES string of the molecule is Cc1ccc(S(=O)(=O)Oc2cc(S(=O)(=O)[O-])cc3cc(N)ccc23)cc1.[Na+]. The summed E-state index contributed by atoms with van der Waals surface area (Å²) in [5.41, 5.74) is 6.87. The number of rotatable bonds is 4. The molecule has 27 heavy (non-hydrogen) atoms. The smallest absolute Gasteiger partial charge is 0.744 e. The Labute approximate surface area is 179 Å². The molecule has 7 nitrogen and oxygen atoms in total. The van der Waals surface area contributed by atoms with Gasteiger partial charge in [0, 0.05) is 17.1 Å². The van der Waals surface area contributed by atoms with E-state index in [0.29, 0.717) is 11.1 Å². The first-order valence-electron chi connectivity index (χ1n) is 7.37. The maximum absolute atomic E-state index is 12.5. The quantitative estimate of drug-likeness (QED) is 0.261. The van der Waals surface area contributed by atoms with Crippen molar-refractivity contribution in [1.29, 1.82) is 0 Å². The van der Waals surface area contributed by atoms with E-state index in [-0.39, 0.29) is 45.6 Å². The molecule has 0 unspecified atom stereocenters. The van der Waals surface area contributed by atoms with Crippen LogP contribution in [0.2, 0.25) is 0 Å². The van der Waals surface area contributed by atoms with Crippen LogP contribution in [0.3, 0.4) is 0 Å². The van der Waals surface area contributed by atoms with Crippen LogP contribution in [0.15, 0.2) is 64.4 Å². The zero-order valence-electron chi connectivity index (χ0n) is 14.5. The Bertz CT molecular complexity index is 1210. The second kappa shape index (κ2) is 7.78. The van der Waals surface area contributed by atoms with Crippen LogP contribution in [0.4, 0.5) is 5.69 Å². The van der Waals surface area contributed by atoms with Gasteiger partial charge >= 0.3 is 39.7 Å². The molecule has 2 N–H and O–H groups in total. The van der Waals surface area contributed by atoms with Crippen LogP contribution in [0, 0.1) is 6.92 Å². The molecule has 0 fully saturated rings. The summed E-state index contributed by atoms with van der Waals surface area (Å²) < 4.78 is 64.3. The minimum absolute atomic E-state index is 0. The van der Waals surface area contributed by atoms with Crippen molar-refractivity contribution in [3.8, 4) is 5.75 Å². The third-order valence-electron chi connectivity index (χ3n) is 3.71. The van der Waals surface area contributed by atoms with Gasteiger partial charge in [0.05, 0.1) is 4.90 Å². The third-order valence-corrected chi connectivity index (χ3v) is 5.77. The summed E-state index contributed by atoms with van der Waals surface area (Å²) >= 11 is 0. The fourth-order valence-electron chi connectivity index (χ4n) is 2.41. The van der Waals surface area contributed by atoms with Crippen LogP contribution >= 0.6 is 0 Å². The standard InChI is InChI=1S/C17H15NO6S2.Na/c1-11-2-5-14(6-3-11)26(22,23)24-17-10-15(25(19,20)21)9-12-8-13(18)4-7-16(12)17;/h2-10H,18H2,1H3,(H,19,20,21);/q;+1/p-1. The van der Waals surface area contributed by atoms with Crippen LogP contribution in [-0.2, 0) is 20.2 Å². The molecule has 10 heteroatoms. The van der Waals surface area contributed by atoms with E-state index < -0.39 is 25.1 Å². The molecule has 0 aliphatic heterocycles. The van der Waals surface area contributed by atoms with Crippen molar-refractivity contribution in [2.24, 2.45) is 0 Å². The van der Waals surface area contributed by atoms with E-state index in [1.54, 1.807) is 19.1 Å². The first-order valence-corrected chi connectivity index (χ1v) is 10.2. The number of hydrogen-bond donors (Lipinski definition) is 1. The molecular weight excluding hydrogens is 401 g/mol. The average Bonchev–Trinajstić information content (AvgIpc) is 2.53. The van der Waals surface area contributed by atoms with Gasteiger partial charge in [0.25, 0.3) is 0 Å². The van der Waals surface area contributed by atoms with Gasteiger partial charge in [-0.3, -0.25) is 0 Å². The molecular formula is C17H14NNaO6S2. The van der Waals surface area contributed by atoms with Crippen molar-refractivity contribution in [3.63, 3.8) is 0 Å². The topological polar surface area (TPSA) is 127 Å². The number of nitrogen functional groups attached to an aromatic ring is 1. The Morgan fingerprint density at radius 3 is 2.11 bits per heavy atom.